The highest BCUT2D eigenvalue weighted by Gasteiger charge is 2.24. The van der Waals surface area contributed by atoms with E-state index in [2.05, 4.69) is 15.0 Å². The summed E-state index contributed by atoms with van der Waals surface area (Å²) in [6.07, 6.45) is 11.8. The summed E-state index contributed by atoms with van der Waals surface area (Å²) in [7, 11) is -11.2. The summed E-state index contributed by atoms with van der Waals surface area (Å²) in [5.41, 5.74) is 3.94. The van der Waals surface area contributed by atoms with E-state index >= 15 is 0 Å². The van der Waals surface area contributed by atoms with Crippen LogP contribution >= 0.6 is 11.6 Å². The van der Waals surface area contributed by atoms with Crippen molar-refractivity contribution in [2.45, 2.75) is 100 Å². The molecule has 0 unspecified atom stereocenters. The first-order chi connectivity index (χ1) is 33.4. The van der Waals surface area contributed by atoms with Gasteiger partial charge in [-0.25, -0.2) is 40.2 Å². The minimum atomic E-state index is -3.81. The Hall–Kier alpha value is -6.34. The van der Waals surface area contributed by atoms with Crippen molar-refractivity contribution < 1.29 is 25.3 Å². The summed E-state index contributed by atoms with van der Waals surface area (Å²) in [5.74, 6) is -0.527. The molecule has 0 aliphatic rings. The van der Waals surface area contributed by atoms with Crippen LogP contribution in [-0.4, -0.2) is 65.4 Å². The van der Waals surface area contributed by atoms with E-state index in [1.165, 1.54) is 50.9 Å². The van der Waals surface area contributed by atoms with Gasteiger partial charge in [-0.3, -0.25) is 14.4 Å². The molecule has 7 rings (SSSR count). The topological polar surface area (TPSA) is 207 Å². The highest BCUT2D eigenvalue weighted by atomic mass is 35.5. The van der Waals surface area contributed by atoms with Gasteiger partial charge in [0.05, 0.1) is 17.3 Å². The van der Waals surface area contributed by atoms with Crippen LogP contribution in [-0.2, 0) is 67.7 Å². The normalized spacial score (nSPS) is 11.5. The third-order valence-electron chi connectivity index (χ3n) is 10.9. The van der Waals surface area contributed by atoms with Gasteiger partial charge in [-0.05, 0) is 79.5 Å². The quantitative estimate of drug-likeness (QED) is 0.0815. The smallest absolute Gasteiger partial charge is 0.288 e. The van der Waals surface area contributed by atoms with Crippen molar-refractivity contribution in [1.29, 1.82) is 0 Å². The van der Waals surface area contributed by atoms with Crippen molar-refractivity contribution in [1.82, 2.24) is 28.7 Å². The maximum absolute atomic E-state index is 12.7. The van der Waals surface area contributed by atoms with E-state index < -0.39 is 46.2 Å². The Morgan fingerprint density at radius 1 is 0.486 bits per heavy atom. The van der Waals surface area contributed by atoms with Gasteiger partial charge in [0, 0.05) is 61.8 Å². The number of hydrogen-bond acceptors (Lipinski definition) is 12. The number of unbranched alkanes of at least 4 members (excludes halogenated alkanes) is 1. The number of aromatic nitrogens is 6. The van der Waals surface area contributed by atoms with Crippen molar-refractivity contribution in [3.05, 3.63) is 199 Å². The molecule has 4 aromatic carbocycles. The van der Waals surface area contributed by atoms with Crippen LogP contribution in [0, 0.1) is 6.92 Å². The third-order valence-corrected chi connectivity index (χ3v) is 15.9. The molecule has 0 aliphatic carbocycles. The zero-order valence-electron chi connectivity index (χ0n) is 39.5. The molecule has 0 saturated carbocycles. The Kier molecular flexibility index (Phi) is 19.9. The van der Waals surface area contributed by atoms with E-state index in [0.29, 0.717) is 43.1 Å². The number of halogens is 1. The lowest BCUT2D eigenvalue weighted by atomic mass is 10.0. The largest absolute Gasteiger partial charge is 0.312 e. The zero-order valence-corrected chi connectivity index (χ0v) is 42.7. The van der Waals surface area contributed by atoms with Gasteiger partial charge in [-0.2, -0.15) is 0 Å². The second kappa shape index (κ2) is 25.5. The second-order valence-electron chi connectivity index (χ2n) is 16.2. The maximum atomic E-state index is 12.7. The molecule has 0 atom stereocenters. The van der Waals surface area contributed by atoms with Crippen molar-refractivity contribution >= 4 is 41.1 Å². The molecule has 19 heteroatoms. The molecule has 3 heterocycles. The average molecular weight is 1030 g/mol. The minimum Gasteiger partial charge on any atom is -0.312 e. The summed E-state index contributed by atoms with van der Waals surface area (Å²) in [6.45, 7) is 9.08. The molecule has 7 aromatic rings. The zero-order chi connectivity index (χ0) is 50.9. The highest BCUT2D eigenvalue weighted by molar-refractivity contribution is 7.91. The van der Waals surface area contributed by atoms with Gasteiger partial charge in [0.2, 0.25) is 44.6 Å². The van der Waals surface area contributed by atoms with Crippen LogP contribution in [0.5, 0.6) is 0 Å². The lowest BCUT2D eigenvalue weighted by Gasteiger charge is -2.08. The van der Waals surface area contributed by atoms with Gasteiger partial charge in [0.15, 0.2) is 0 Å². The van der Waals surface area contributed by atoms with E-state index in [4.69, 9.17) is 11.6 Å². The van der Waals surface area contributed by atoms with Gasteiger partial charge in [0.25, 0.3) is 16.7 Å². The number of benzene rings is 4. The number of hydrogen-bond donors (Lipinski definition) is 0. The SMILES string of the molecule is CCCCn1ccnc(S(=O)(=O)Cc2ccc(-c3ccccc3)cc2)c1=O.CCCn1ccnc(S(=O)(=O)CCc2ccc(C)cc2)c1=O.CCn1ccnc(S(=O)(=O)CCc2ccc(Cl)cc2)c1=O. The molecule has 15 nitrogen and oxygen atoms in total. The number of sulfone groups is 3. The Bertz CT molecular complexity index is 3350. The van der Waals surface area contributed by atoms with E-state index in [1.54, 1.807) is 43.3 Å². The van der Waals surface area contributed by atoms with Crippen LogP contribution in [0.1, 0.15) is 62.3 Å². The fourth-order valence-corrected chi connectivity index (χ4v) is 11.0. The van der Waals surface area contributed by atoms with E-state index in [-0.39, 0.29) is 32.3 Å². The molecular formula is C51H57ClN6O9S3. The Balaban J connectivity index is 0.000000198. The van der Waals surface area contributed by atoms with E-state index in [9.17, 15) is 39.6 Å². The van der Waals surface area contributed by atoms with Gasteiger partial charge in [-0.1, -0.05) is 128 Å². The van der Waals surface area contributed by atoms with Crippen LogP contribution < -0.4 is 16.7 Å². The molecule has 0 amide bonds. The predicted octanol–water partition coefficient (Wildman–Crippen LogP) is 7.60. The summed E-state index contributed by atoms with van der Waals surface area (Å²) >= 11 is 5.78. The standard InChI is InChI=1S/C21H22N2O3S.C16H20N2O3S.C14H15ClN2O3S/c1-2-3-14-23-15-13-22-20(21(23)24)27(25,26)16-17-9-11-19(12-10-17)18-7-5-4-6-8-18;1-3-10-18-11-9-17-15(16(18)19)22(20,21)12-8-14-6-4-13(2)5-7-14;1-2-17-9-8-16-13(14(17)18)21(19,20)10-7-11-3-5-12(15)6-4-11/h4-13,15H,2-3,14,16H2,1H3;4-7,9,11H,3,8,10,12H2,1-2H3;3-6,8-9H,2,7,10H2,1H3. The highest BCUT2D eigenvalue weighted by Crippen LogP contribution is 2.21. The van der Waals surface area contributed by atoms with Crippen LogP contribution in [0.3, 0.4) is 0 Å². The average Bonchev–Trinajstić information content (AvgIpc) is 3.35. The molecule has 0 bridgehead atoms. The van der Waals surface area contributed by atoms with Gasteiger partial charge in [0.1, 0.15) is 0 Å². The van der Waals surface area contributed by atoms with Crippen LogP contribution in [0.25, 0.3) is 11.1 Å². The maximum Gasteiger partial charge on any atom is 0.288 e. The lowest BCUT2D eigenvalue weighted by molar-refractivity contribution is 0.570. The molecule has 0 saturated heterocycles. The Labute approximate surface area is 414 Å². The summed E-state index contributed by atoms with van der Waals surface area (Å²) in [6, 6.07) is 31.8. The van der Waals surface area contributed by atoms with Crippen LogP contribution in [0.2, 0.25) is 5.02 Å². The monoisotopic (exact) mass is 1030 g/mol. The Morgan fingerprint density at radius 2 is 0.914 bits per heavy atom. The molecule has 0 N–H and O–H groups in total. The van der Waals surface area contributed by atoms with Gasteiger partial charge < -0.3 is 13.7 Å². The van der Waals surface area contributed by atoms with E-state index in [0.717, 1.165) is 47.1 Å². The van der Waals surface area contributed by atoms with Crippen molar-refractivity contribution in [2.24, 2.45) is 0 Å². The number of aryl methyl sites for hydroxylation is 6. The Morgan fingerprint density at radius 3 is 1.40 bits per heavy atom. The third kappa shape index (κ3) is 15.3. The molecule has 70 heavy (non-hydrogen) atoms. The number of rotatable bonds is 18. The molecule has 0 fully saturated rings. The molecule has 0 radical (unpaired) electrons. The van der Waals surface area contributed by atoms with Crippen LogP contribution in [0.15, 0.2) is 170 Å². The summed E-state index contributed by atoms with van der Waals surface area (Å²) in [4.78, 5) is 48.1. The van der Waals surface area contributed by atoms with Gasteiger partial charge >= 0.3 is 0 Å². The van der Waals surface area contributed by atoms with Crippen molar-refractivity contribution in [3.63, 3.8) is 0 Å². The summed E-state index contributed by atoms with van der Waals surface area (Å²) < 4.78 is 78.9. The lowest BCUT2D eigenvalue weighted by Crippen LogP contribution is -2.28. The van der Waals surface area contributed by atoms with E-state index in [1.807, 2.05) is 87.5 Å². The fourth-order valence-electron chi connectivity index (χ4n) is 6.91. The number of nitrogens with zero attached hydrogens (tertiary/aromatic N) is 6. The molecular weight excluding hydrogens is 972 g/mol. The molecule has 0 aliphatic heterocycles. The fraction of sp³-hybridized carbons (Fsp3) is 0.294. The first kappa shape index (κ1) is 54.6. The molecule has 370 valence electrons. The van der Waals surface area contributed by atoms with Crippen LogP contribution in [0.4, 0.5) is 0 Å². The van der Waals surface area contributed by atoms with Gasteiger partial charge in [-0.15, -0.1) is 0 Å². The first-order valence-corrected chi connectivity index (χ1v) is 28.0. The summed E-state index contributed by atoms with van der Waals surface area (Å²) in [5, 5.41) is -0.526. The molecule has 3 aromatic heterocycles. The molecule has 0 spiro atoms. The van der Waals surface area contributed by atoms with Crippen molar-refractivity contribution in [2.75, 3.05) is 11.5 Å². The minimum absolute atomic E-state index is 0.117. The second-order valence-corrected chi connectivity index (χ2v) is 22.6. The predicted molar refractivity (Wildman–Crippen MR) is 273 cm³/mol. The van der Waals surface area contributed by atoms with Crippen molar-refractivity contribution in [3.8, 4) is 11.1 Å². The first-order valence-electron chi connectivity index (χ1n) is 22.7.